The average molecular weight is 738 g/mol. The van der Waals surface area contributed by atoms with Crippen molar-refractivity contribution < 1.29 is 11.3 Å². The molecule has 0 aromatic heterocycles. The van der Waals surface area contributed by atoms with Crippen molar-refractivity contribution in [3.8, 4) is 5.75 Å². The topological polar surface area (TPSA) is 37.3 Å². The molecule has 0 amide bonds. The van der Waals surface area contributed by atoms with Crippen LogP contribution in [-0.2, 0) is 4.79 Å². The van der Waals surface area contributed by atoms with E-state index < -0.39 is 0 Å². The summed E-state index contributed by atoms with van der Waals surface area (Å²) in [4.78, 5) is 10.4. The van der Waals surface area contributed by atoms with Crippen molar-refractivity contribution in [2.24, 2.45) is 0 Å². The molecule has 0 saturated carbocycles. The zero-order valence-corrected chi connectivity index (χ0v) is 30.9. The lowest BCUT2D eigenvalue weighted by Crippen LogP contribution is -1.88. The number of benzene rings is 2. The Morgan fingerprint density at radius 3 is 1.18 bits per heavy atom. The van der Waals surface area contributed by atoms with Gasteiger partial charge in [0.2, 0.25) is 0 Å². The Bertz CT molecular complexity index is 648. The second-order valence-electron chi connectivity index (χ2n) is 9.16. The summed E-state index contributed by atoms with van der Waals surface area (Å²) in [5.74, 6) is 0.654. The average Bonchev–Trinajstić information content (AvgIpc) is 2.89. The van der Waals surface area contributed by atoms with Gasteiger partial charge in [-0.3, -0.25) is 0 Å². The van der Waals surface area contributed by atoms with Crippen molar-refractivity contribution >= 4 is 56.2 Å². The minimum absolute atomic E-state index is 0.271. The number of rotatable bonds is 10. The molecule has 1 N–H and O–H groups in total. The van der Waals surface area contributed by atoms with Crippen molar-refractivity contribution in [3.63, 3.8) is 0 Å². The van der Waals surface area contributed by atoms with Crippen molar-refractivity contribution in [1.29, 1.82) is 0 Å². The molecule has 2 aromatic rings. The quantitative estimate of drug-likeness (QED) is 0.195. The highest BCUT2D eigenvalue weighted by Crippen LogP contribution is 2.08. The monoisotopic (exact) mass is 735 g/mol. The first-order valence-corrected chi connectivity index (χ1v) is 17.2. The number of carbonyl (C=O) groups is 1. The molecule has 6 heteroatoms. The molecule has 0 unspecified atom stereocenters. The Morgan fingerprint density at radius 1 is 0.692 bits per heavy atom. The Morgan fingerprint density at radius 2 is 0.949 bits per heavy atom. The van der Waals surface area contributed by atoms with Crippen molar-refractivity contribution in [1.82, 2.24) is 0 Å². The first-order valence-electron chi connectivity index (χ1n) is 15.1. The summed E-state index contributed by atoms with van der Waals surface area (Å²) >= 11 is 9.31. The van der Waals surface area contributed by atoms with E-state index in [1.54, 1.807) is 26.0 Å². The number of Topliss-reactive ketones (excluding diaryl/α,β-unsaturated/α-hetero) is 1. The summed E-state index contributed by atoms with van der Waals surface area (Å²) in [6.45, 7) is 16.8. The molecule has 0 bridgehead atoms. The van der Waals surface area contributed by atoms with Gasteiger partial charge in [-0.2, -0.15) is 0 Å². The van der Waals surface area contributed by atoms with Gasteiger partial charge in [-0.1, -0.05) is 145 Å². The zero-order valence-electron chi connectivity index (χ0n) is 27.2. The van der Waals surface area contributed by atoms with Crippen molar-refractivity contribution in [2.45, 2.75) is 133 Å². The zero-order chi connectivity index (χ0) is 31.6. The standard InChI is InChI=1S/C8H16O.C8H10.C8H18.C7H8O.C2H6.BBr3/c1-3-4-5-6-7-8(2)9;1-7-3-5-8(2)6-4-7;1-3-5-7-8-6-4-2;1-6-2-4-7(8)5-3-6;1-2;2-1(3)4/h3-7H2,1-2H3;3-6H,1-2H3;3-8H2,1-2H3;2-5,8H,1H3;1-2H3;/i;;;;1D;. The molecule has 0 aliphatic heterocycles. The Balaban J connectivity index is -0.000000201. The molecule has 0 heterocycles. The summed E-state index contributed by atoms with van der Waals surface area (Å²) in [5, 5.41) is 8.76. The predicted molar refractivity (Wildman–Crippen MR) is 191 cm³/mol. The Labute approximate surface area is 269 Å². The lowest BCUT2D eigenvalue weighted by atomic mass is 10.1. The van der Waals surface area contributed by atoms with E-state index in [1.807, 2.05) is 19.1 Å². The third kappa shape index (κ3) is 50.7. The second kappa shape index (κ2) is 37.4. The number of aromatic hydroxyl groups is 1. The third-order valence-electron chi connectivity index (χ3n) is 5.09. The van der Waals surface area contributed by atoms with Crippen LogP contribution >= 0.6 is 47.3 Å². The summed E-state index contributed by atoms with van der Waals surface area (Å²) in [6, 6.07) is 15.6. The number of aryl methyl sites for hydroxylation is 3. The fourth-order valence-electron chi connectivity index (χ4n) is 2.84. The number of ketones is 1. The van der Waals surface area contributed by atoms with Crippen LogP contribution in [0.25, 0.3) is 0 Å². The number of hydrogen-bond acceptors (Lipinski definition) is 2. The number of halogens is 3. The van der Waals surface area contributed by atoms with Gasteiger partial charge in [-0.05, 0) is 46.2 Å². The third-order valence-corrected chi connectivity index (χ3v) is 5.09. The molecule has 0 aliphatic carbocycles. The van der Waals surface area contributed by atoms with E-state index in [2.05, 4.69) is 106 Å². The Hall–Kier alpha value is -0.585. The van der Waals surface area contributed by atoms with Gasteiger partial charge >= 0.3 is 3.18 Å². The van der Waals surface area contributed by atoms with Gasteiger partial charge in [0.25, 0.3) is 0 Å². The molecule has 39 heavy (non-hydrogen) atoms. The van der Waals surface area contributed by atoms with Crippen LogP contribution in [0.3, 0.4) is 0 Å². The lowest BCUT2D eigenvalue weighted by molar-refractivity contribution is -0.117. The van der Waals surface area contributed by atoms with Gasteiger partial charge in [0.15, 0.2) is 0 Å². The van der Waals surface area contributed by atoms with Gasteiger partial charge in [0.1, 0.15) is 11.5 Å². The molecule has 0 spiro atoms. The van der Waals surface area contributed by atoms with Gasteiger partial charge in [-0.15, -0.1) is 47.3 Å². The molecule has 2 aromatic carbocycles. The highest BCUT2D eigenvalue weighted by atomic mass is 79.9. The van der Waals surface area contributed by atoms with Crippen LogP contribution < -0.4 is 0 Å². The molecule has 2 nitrogen and oxygen atoms in total. The highest BCUT2D eigenvalue weighted by molar-refractivity contribution is 9.69. The van der Waals surface area contributed by atoms with Gasteiger partial charge < -0.3 is 9.90 Å². The van der Waals surface area contributed by atoms with Gasteiger partial charge in [0, 0.05) is 7.79 Å². The van der Waals surface area contributed by atoms with E-state index in [0.717, 1.165) is 12.8 Å². The number of hydrogen-bond donors (Lipinski definition) is 1. The summed E-state index contributed by atoms with van der Waals surface area (Å²) in [6.07, 6.45) is 14.1. The highest BCUT2D eigenvalue weighted by Gasteiger charge is 1.91. The van der Waals surface area contributed by atoms with Crippen LogP contribution in [0.15, 0.2) is 48.5 Å². The first-order chi connectivity index (χ1) is 18.9. The molecular weight excluding hydrogens is 679 g/mol. The fourth-order valence-corrected chi connectivity index (χ4v) is 2.84. The molecule has 0 saturated heterocycles. The molecule has 0 atom stereocenters. The number of phenolic OH excluding ortho intramolecular Hbond substituents is 1. The van der Waals surface area contributed by atoms with E-state index in [1.165, 1.54) is 74.5 Å². The van der Waals surface area contributed by atoms with E-state index >= 15 is 0 Å². The minimum atomic E-state index is 0.271. The minimum Gasteiger partial charge on any atom is -0.508 e. The van der Waals surface area contributed by atoms with Crippen LogP contribution in [0.5, 0.6) is 5.75 Å². The molecule has 226 valence electrons. The molecule has 0 radical (unpaired) electrons. The van der Waals surface area contributed by atoms with Crippen LogP contribution in [0.2, 0.25) is 0 Å². The lowest BCUT2D eigenvalue weighted by Gasteiger charge is -1.93. The van der Waals surface area contributed by atoms with Crippen molar-refractivity contribution in [2.75, 3.05) is 0 Å². The van der Waals surface area contributed by atoms with Gasteiger partial charge in [0.05, 0.1) is 0 Å². The molecule has 0 aliphatic rings. The maximum atomic E-state index is 10.4. The summed E-state index contributed by atoms with van der Waals surface area (Å²) in [5.41, 5.74) is 3.83. The number of phenols is 1. The van der Waals surface area contributed by atoms with Gasteiger partial charge in [-0.25, -0.2) is 0 Å². The maximum Gasteiger partial charge on any atom is 0.369 e. The van der Waals surface area contributed by atoms with E-state index in [4.69, 9.17) is 6.48 Å². The Kier molecular flexibility index (Phi) is 41.1. The van der Waals surface area contributed by atoms with E-state index in [9.17, 15) is 4.79 Å². The van der Waals surface area contributed by atoms with E-state index in [0.29, 0.717) is 18.4 Å². The number of carbonyl (C=O) groups excluding carboxylic acids is 1. The largest absolute Gasteiger partial charge is 0.508 e. The van der Waals surface area contributed by atoms with Crippen LogP contribution in [-0.4, -0.2) is 14.1 Å². The number of unbranched alkanes of at least 4 members (excludes halogenated alkanes) is 8. The van der Waals surface area contributed by atoms with Crippen molar-refractivity contribution in [3.05, 3.63) is 65.2 Å². The summed E-state index contributed by atoms with van der Waals surface area (Å²) in [7, 11) is 0. The SMILES string of the molecule is BrB(Br)Br.CCCCCCC(C)=O.CCCCCCCC.Cc1ccc(C)cc1.Cc1ccc(O)cc1.[2H]CC. The van der Waals surface area contributed by atoms with Crippen LogP contribution in [0, 0.1) is 20.8 Å². The van der Waals surface area contributed by atoms with Crippen LogP contribution in [0.1, 0.15) is 130 Å². The normalized spacial score (nSPS) is 9.15. The first kappa shape index (κ1) is 42.9. The molecule has 2 rings (SSSR count). The van der Waals surface area contributed by atoms with E-state index in [-0.39, 0.29) is 3.18 Å². The van der Waals surface area contributed by atoms with Crippen LogP contribution in [0.4, 0.5) is 0 Å². The molecular formula is C33H58BBr3O2. The second-order valence-corrected chi connectivity index (χ2v) is 15.6. The fraction of sp³-hybridized carbons (Fsp3) is 0.606. The predicted octanol–water partition coefficient (Wildman–Crippen LogP) is 13.1. The molecule has 0 fully saturated rings. The summed E-state index contributed by atoms with van der Waals surface area (Å²) < 4.78 is 6.48. The smallest absolute Gasteiger partial charge is 0.369 e. The maximum absolute atomic E-state index is 10.4.